The first-order valence-electron chi connectivity index (χ1n) is 7.63. The van der Waals surface area contributed by atoms with Crippen molar-refractivity contribution in [2.45, 2.75) is 32.1 Å². The molecule has 1 aromatic rings. The van der Waals surface area contributed by atoms with Gasteiger partial charge in [0.25, 0.3) is 0 Å². The second kappa shape index (κ2) is 6.38. The van der Waals surface area contributed by atoms with Crippen LogP contribution >= 0.6 is 0 Å². The van der Waals surface area contributed by atoms with E-state index in [1.165, 1.54) is 4.31 Å². The molecule has 1 aliphatic rings. The Hall–Kier alpha value is -1.40. The van der Waals surface area contributed by atoms with Crippen molar-refractivity contribution in [3.05, 3.63) is 30.3 Å². The molecule has 122 valence electrons. The van der Waals surface area contributed by atoms with Crippen LogP contribution in [-0.2, 0) is 14.8 Å². The Morgan fingerprint density at radius 1 is 1.09 bits per heavy atom. The highest BCUT2D eigenvalue weighted by molar-refractivity contribution is 7.89. The van der Waals surface area contributed by atoms with Crippen LogP contribution in [-0.4, -0.2) is 49.7 Å². The van der Waals surface area contributed by atoms with E-state index >= 15 is 0 Å². The van der Waals surface area contributed by atoms with Gasteiger partial charge < -0.3 is 4.90 Å². The molecule has 1 aromatic carbocycles. The van der Waals surface area contributed by atoms with E-state index < -0.39 is 10.0 Å². The molecule has 1 amide bonds. The van der Waals surface area contributed by atoms with Crippen LogP contribution < -0.4 is 0 Å². The van der Waals surface area contributed by atoms with Gasteiger partial charge in [-0.2, -0.15) is 4.31 Å². The van der Waals surface area contributed by atoms with Crippen LogP contribution in [0.1, 0.15) is 27.2 Å². The number of sulfonamides is 1. The summed E-state index contributed by atoms with van der Waals surface area (Å²) in [5.74, 6) is 0.103. The van der Waals surface area contributed by atoms with E-state index in [0.717, 1.165) is 6.42 Å². The van der Waals surface area contributed by atoms with Crippen LogP contribution in [0.25, 0.3) is 0 Å². The number of amides is 1. The lowest BCUT2D eigenvalue weighted by atomic mass is 9.88. The second-order valence-corrected chi connectivity index (χ2v) is 8.18. The maximum Gasteiger partial charge on any atom is 0.243 e. The minimum absolute atomic E-state index is 0.103. The van der Waals surface area contributed by atoms with E-state index in [0.29, 0.717) is 31.1 Å². The van der Waals surface area contributed by atoms with Crippen LogP contribution in [0.4, 0.5) is 0 Å². The van der Waals surface area contributed by atoms with Crippen LogP contribution in [0, 0.1) is 5.41 Å². The fraction of sp³-hybridized carbons (Fsp3) is 0.562. The van der Waals surface area contributed by atoms with E-state index in [4.69, 9.17) is 0 Å². The first-order valence-corrected chi connectivity index (χ1v) is 9.07. The average molecular weight is 324 g/mol. The molecular weight excluding hydrogens is 300 g/mol. The summed E-state index contributed by atoms with van der Waals surface area (Å²) in [4.78, 5) is 14.5. The predicted molar refractivity (Wildman–Crippen MR) is 85.9 cm³/mol. The number of nitrogens with zero attached hydrogens (tertiary/aromatic N) is 2. The van der Waals surface area contributed by atoms with Crippen molar-refractivity contribution < 1.29 is 13.2 Å². The third-order valence-electron chi connectivity index (χ3n) is 4.37. The molecule has 22 heavy (non-hydrogen) atoms. The van der Waals surface area contributed by atoms with Gasteiger partial charge in [0.2, 0.25) is 15.9 Å². The van der Waals surface area contributed by atoms with E-state index in [1.54, 1.807) is 35.2 Å². The Labute approximate surface area is 133 Å². The molecule has 0 atom stereocenters. The van der Waals surface area contributed by atoms with Gasteiger partial charge in [0.05, 0.1) is 4.90 Å². The second-order valence-electron chi connectivity index (χ2n) is 6.25. The summed E-state index contributed by atoms with van der Waals surface area (Å²) in [5.41, 5.74) is -0.388. The largest absolute Gasteiger partial charge is 0.340 e. The van der Waals surface area contributed by atoms with Crippen molar-refractivity contribution in [2.24, 2.45) is 5.41 Å². The first-order chi connectivity index (χ1) is 10.3. The quantitative estimate of drug-likeness (QED) is 0.850. The number of rotatable bonds is 4. The van der Waals surface area contributed by atoms with Gasteiger partial charge in [0, 0.05) is 31.6 Å². The molecule has 1 fully saturated rings. The van der Waals surface area contributed by atoms with Crippen molar-refractivity contribution in [3.8, 4) is 0 Å². The van der Waals surface area contributed by atoms with Gasteiger partial charge in [0.15, 0.2) is 0 Å². The normalized spacial score (nSPS) is 17.5. The average Bonchev–Trinajstić information content (AvgIpc) is 2.55. The molecule has 6 heteroatoms. The lowest BCUT2D eigenvalue weighted by Crippen LogP contribution is -2.53. The van der Waals surface area contributed by atoms with Crippen LogP contribution in [0.5, 0.6) is 0 Å². The minimum Gasteiger partial charge on any atom is -0.340 e. The third-order valence-corrected chi connectivity index (χ3v) is 6.28. The van der Waals surface area contributed by atoms with Gasteiger partial charge in [-0.1, -0.05) is 39.0 Å². The summed E-state index contributed by atoms with van der Waals surface area (Å²) in [5, 5.41) is 0. The zero-order valence-electron chi connectivity index (χ0n) is 13.4. The number of piperazine rings is 1. The van der Waals surface area contributed by atoms with Gasteiger partial charge in [-0.15, -0.1) is 0 Å². The zero-order valence-corrected chi connectivity index (χ0v) is 14.3. The fourth-order valence-electron chi connectivity index (χ4n) is 2.45. The Bertz CT molecular complexity index is 618. The van der Waals surface area contributed by atoms with Crippen molar-refractivity contribution in [1.29, 1.82) is 0 Å². The Morgan fingerprint density at radius 3 is 2.14 bits per heavy atom. The Kier molecular flexibility index (Phi) is 4.92. The molecule has 1 saturated heterocycles. The monoisotopic (exact) mass is 324 g/mol. The van der Waals surface area contributed by atoms with Crippen molar-refractivity contribution in [3.63, 3.8) is 0 Å². The Morgan fingerprint density at radius 2 is 1.64 bits per heavy atom. The molecule has 0 aromatic heterocycles. The number of carbonyl (C=O) groups is 1. The fourth-order valence-corrected chi connectivity index (χ4v) is 3.90. The molecule has 2 rings (SSSR count). The SMILES string of the molecule is CCC(C)(C)C(=O)N1CCN(S(=O)(=O)c2ccccc2)CC1. The molecule has 0 spiro atoms. The molecule has 0 N–H and O–H groups in total. The summed E-state index contributed by atoms with van der Waals surface area (Å²) in [6.07, 6.45) is 0.772. The lowest BCUT2D eigenvalue weighted by Gasteiger charge is -2.37. The van der Waals surface area contributed by atoms with E-state index in [-0.39, 0.29) is 11.3 Å². The third kappa shape index (κ3) is 3.33. The Balaban J connectivity index is 2.05. The van der Waals surface area contributed by atoms with E-state index in [2.05, 4.69) is 0 Å². The molecule has 1 aliphatic heterocycles. The predicted octanol–water partition coefficient (Wildman–Crippen LogP) is 1.96. The lowest BCUT2D eigenvalue weighted by molar-refractivity contribution is -0.141. The maximum atomic E-state index is 12.5. The smallest absolute Gasteiger partial charge is 0.243 e. The summed E-state index contributed by atoms with van der Waals surface area (Å²) < 4.78 is 26.5. The highest BCUT2D eigenvalue weighted by atomic mass is 32.2. The number of hydrogen-bond donors (Lipinski definition) is 0. The van der Waals surface area contributed by atoms with Gasteiger partial charge >= 0.3 is 0 Å². The van der Waals surface area contributed by atoms with Crippen LogP contribution in [0.3, 0.4) is 0 Å². The minimum atomic E-state index is -3.46. The molecule has 0 bridgehead atoms. The van der Waals surface area contributed by atoms with E-state index in [1.807, 2.05) is 20.8 Å². The van der Waals surface area contributed by atoms with Gasteiger partial charge in [0.1, 0.15) is 0 Å². The van der Waals surface area contributed by atoms with Crippen molar-refractivity contribution in [2.75, 3.05) is 26.2 Å². The van der Waals surface area contributed by atoms with Crippen molar-refractivity contribution >= 4 is 15.9 Å². The first kappa shape index (κ1) is 17.0. The number of carbonyl (C=O) groups excluding carboxylic acids is 1. The van der Waals surface area contributed by atoms with Gasteiger partial charge in [-0.25, -0.2) is 8.42 Å². The molecular formula is C16H24N2O3S. The highest BCUT2D eigenvalue weighted by Crippen LogP contribution is 2.25. The molecule has 1 heterocycles. The summed E-state index contributed by atoms with van der Waals surface area (Å²) in [6.45, 7) is 7.47. The van der Waals surface area contributed by atoms with Gasteiger partial charge in [-0.05, 0) is 18.6 Å². The molecule has 0 aliphatic carbocycles. The van der Waals surface area contributed by atoms with Crippen molar-refractivity contribution in [1.82, 2.24) is 9.21 Å². The standard InChI is InChI=1S/C16H24N2O3S/c1-4-16(2,3)15(19)17-10-12-18(13-11-17)22(20,21)14-8-6-5-7-9-14/h5-9H,4,10-13H2,1-3H3. The summed E-state index contributed by atoms with van der Waals surface area (Å²) >= 11 is 0. The van der Waals surface area contributed by atoms with E-state index in [9.17, 15) is 13.2 Å². The van der Waals surface area contributed by atoms with Crippen LogP contribution in [0.2, 0.25) is 0 Å². The van der Waals surface area contributed by atoms with Crippen LogP contribution in [0.15, 0.2) is 35.2 Å². The topological polar surface area (TPSA) is 57.7 Å². The molecule has 5 nitrogen and oxygen atoms in total. The summed E-state index contributed by atoms with van der Waals surface area (Å²) in [6, 6.07) is 8.44. The number of benzene rings is 1. The molecule has 0 radical (unpaired) electrons. The van der Waals surface area contributed by atoms with Gasteiger partial charge in [-0.3, -0.25) is 4.79 Å². The molecule has 0 saturated carbocycles. The highest BCUT2D eigenvalue weighted by Gasteiger charge is 2.35. The number of hydrogen-bond acceptors (Lipinski definition) is 3. The zero-order chi connectivity index (χ0) is 16.4. The summed E-state index contributed by atoms with van der Waals surface area (Å²) in [7, 11) is -3.46. The molecule has 0 unspecified atom stereocenters. The maximum absolute atomic E-state index is 12.5.